The molecular formula is C14H17NO3. The molecule has 0 fully saturated rings. The second-order valence-corrected chi connectivity index (χ2v) is 3.62. The Balaban J connectivity index is 3.07. The molecule has 0 aliphatic carbocycles. The number of rotatable bonds is 5. The van der Waals surface area contributed by atoms with Gasteiger partial charge in [0.2, 0.25) is 0 Å². The molecule has 0 N–H and O–H groups in total. The Labute approximate surface area is 107 Å². The third kappa shape index (κ3) is 3.17. The molecule has 0 saturated carbocycles. The number of carbonyl (C=O) groups excluding carboxylic acids is 1. The largest absolute Gasteiger partial charge is 0.497 e. The van der Waals surface area contributed by atoms with Gasteiger partial charge in [0.1, 0.15) is 11.5 Å². The summed E-state index contributed by atoms with van der Waals surface area (Å²) in [6.45, 7) is 2.73. The lowest BCUT2D eigenvalue weighted by atomic mass is 10.1. The Morgan fingerprint density at radius 3 is 2.22 bits per heavy atom. The first-order valence-corrected chi connectivity index (χ1v) is 5.62. The summed E-state index contributed by atoms with van der Waals surface area (Å²) in [5.41, 5.74) is 0.503. The van der Waals surface area contributed by atoms with Gasteiger partial charge in [-0.15, -0.1) is 6.42 Å². The number of ether oxygens (including phenoxy) is 2. The zero-order chi connectivity index (χ0) is 13.5. The van der Waals surface area contributed by atoms with Crippen molar-refractivity contribution in [2.75, 3.05) is 27.3 Å². The van der Waals surface area contributed by atoms with Crippen molar-refractivity contribution in [1.82, 2.24) is 4.90 Å². The highest BCUT2D eigenvalue weighted by molar-refractivity contribution is 5.95. The normalized spacial score (nSPS) is 9.44. The van der Waals surface area contributed by atoms with E-state index in [1.54, 1.807) is 37.3 Å². The Hall–Kier alpha value is -2.15. The lowest BCUT2D eigenvalue weighted by Gasteiger charge is -2.18. The van der Waals surface area contributed by atoms with Gasteiger partial charge in [-0.25, -0.2) is 0 Å². The molecule has 1 aromatic carbocycles. The maximum absolute atomic E-state index is 12.2. The van der Waals surface area contributed by atoms with Crippen LogP contribution in [-0.4, -0.2) is 38.1 Å². The van der Waals surface area contributed by atoms with E-state index in [0.717, 1.165) is 0 Å². The fourth-order valence-corrected chi connectivity index (χ4v) is 1.55. The van der Waals surface area contributed by atoms with E-state index in [1.807, 2.05) is 6.92 Å². The molecule has 1 aromatic rings. The topological polar surface area (TPSA) is 38.8 Å². The van der Waals surface area contributed by atoms with Gasteiger partial charge in [-0.05, 0) is 19.1 Å². The Kier molecular flexibility index (Phi) is 5.06. The molecule has 0 saturated heterocycles. The molecule has 96 valence electrons. The molecule has 0 aliphatic rings. The van der Waals surface area contributed by atoms with E-state index in [0.29, 0.717) is 23.6 Å². The molecule has 18 heavy (non-hydrogen) atoms. The van der Waals surface area contributed by atoms with Crippen LogP contribution in [0.5, 0.6) is 11.5 Å². The molecule has 4 heteroatoms. The highest BCUT2D eigenvalue weighted by atomic mass is 16.5. The molecule has 4 nitrogen and oxygen atoms in total. The summed E-state index contributed by atoms with van der Waals surface area (Å²) >= 11 is 0. The second-order valence-electron chi connectivity index (χ2n) is 3.62. The lowest BCUT2D eigenvalue weighted by Crippen LogP contribution is -2.31. The van der Waals surface area contributed by atoms with Crippen molar-refractivity contribution in [2.45, 2.75) is 6.92 Å². The van der Waals surface area contributed by atoms with E-state index < -0.39 is 0 Å². The maximum Gasteiger partial charge on any atom is 0.254 e. The standard InChI is InChI=1S/C14H17NO3/c1-5-7-15(6-2)14(16)11-8-12(17-3)10-13(9-11)18-4/h1,8-10H,6-7H2,2-4H3. The van der Waals surface area contributed by atoms with E-state index >= 15 is 0 Å². The van der Waals surface area contributed by atoms with Gasteiger partial charge in [0.05, 0.1) is 20.8 Å². The van der Waals surface area contributed by atoms with E-state index in [9.17, 15) is 4.79 Å². The molecule has 0 aromatic heterocycles. The monoisotopic (exact) mass is 247 g/mol. The number of hydrogen-bond donors (Lipinski definition) is 0. The van der Waals surface area contributed by atoms with Crippen LogP contribution in [0.3, 0.4) is 0 Å². The molecule has 0 spiro atoms. The van der Waals surface area contributed by atoms with Gasteiger partial charge in [-0.1, -0.05) is 5.92 Å². The number of benzene rings is 1. The van der Waals surface area contributed by atoms with Crippen LogP contribution >= 0.6 is 0 Å². The van der Waals surface area contributed by atoms with Crippen LogP contribution in [0, 0.1) is 12.3 Å². The van der Waals surface area contributed by atoms with Gasteiger partial charge in [-0.2, -0.15) is 0 Å². The van der Waals surface area contributed by atoms with Crippen molar-refractivity contribution in [3.05, 3.63) is 23.8 Å². The quantitative estimate of drug-likeness (QED) is 0.745. The number of hydrogen-bond acceptors (Lipinski definition) is 3. The predicted molar refractivity (Wildman–Crippen MR) is 70.0 cm³/mol. The highest BCUT2D eigenvalue weighted by Gasteiger charge is 2.15. The van der Waals surface area contributed by atoms with Crippen LogP contribution in [0.4, 0.5) is 0 Å². The molecule has 0 aliphatic heterocycles. The van der Waals surface area contributed by atoms with Crippen molar-refractivity contribution >= 4 is 5.91 Å². The summed E-state index contributed by atoms with van der Waals surface area (Å²) in [5, 5.41) is 0. The van der Waals surface area contributed by atoms with Gasteiger partial charge in [0.15, 0.2) is 0 Å². The molecule has 1 rings (SSSR count). The van der Waals surface area contributed by atoms with E-state index in [1.165, 1.54) is 0 Å². The van der Waals surface area contributed by atoms with Crippen molar-refractivity contribution < 1.29 is 14.3 Å². The molecule has 0 radical (unpaired) electrons. The Morgan fingerprint density at radius 1 is 1.28 bits per heavy atom. The molecule has 0 bridgehead atoms. The van der Waals surface area contributed by atoms with E-state index in [2.05, 4.69) is 5.92 Å². The first-order valence-electron chi connectivity index (χ1n) is 5.62. The number of terminal acetylenes is 1. The van der Waals surface area contributed by atoms with Gasteiger partial charge in [0, 0.05) is 18.2 Å². The van der Waals surface area contributed by atoms with Crippen molar-refractivity contribution in [3.63, 3.8) is 0 Å². The molecular weight excluding hydrogens is 230 g/mol. The minimum Gasteiger partial charge on any atom is -0.497 e. The minimum absolute atomic E-state index is 0.132. The minimum atomic E-state index is -0.132. The fraction of sp³-hybridized carbons (Fsp3) is 0.357. The predicted octanol–water partition coefficient (Wildman–Crippen LogP) is 1.80. The third-order valence-corrected chi connectivity index (χ3v) is 2.55. The van der Waals surface area contributed by atoms with Crippen LogP contribution < -0.4 is 9.47 Å². The third-order valence-electron chi connectivity index (χ3n) is 2.55. The first kappa shape index (κ1) is 13.9. The summed E-state index contributed by atoms with van der Waals surface area (Å²) in [7, 11) is 3.09. The van der Waals surface area contributed by atoms with Crippen molar-refractivity contribution in [3.8, 4) is 23.8 Å². The molecule has 0 atom stereocenters. The summed E-state index contributed by atoms with van der Waals surface area (Å²) in [6, 6.07) is 5.06. The Morgan fingerprint density at radius 2 is 1.83 bits per heavy atom. The van der Waals surface area contributed by atoms with Crippen LogP contribution in [0.2, 0.25) is 0 Å². The number of amides is 1. The average molecular weight is 247 g/mol. The Bertz CT molecular complexity index is 440. The van der Waals surface area contributed by atoms with Gasteiger partial charge >= 0.3 is 0 Å². The van der Waals surface area contributed by atoms with Gasteiger partial charge < -0.3 is 14.4 Å². The van der Waals surface area contributed by atoms with Gasteiger partial charge in [-0.3, -0.25) is 4.79 Å². The summed E-state index contributed by atoms with van der Waals surface area (Å²) in [4.78, 5) is 13.8. The summed E-state index contributed by atoms with van der Waals surface area (Å²) < 4.78 is 10.3. The smallest absolute Gasteiger partial charge is 0.254 e. The average Bonchev–Trinajstić information content (AvgIpc) is 2.43. The molecule has 1 amide bonds. The van der Waals surface area contributed by atoms with Crippen LogP contribution in [0.1, 0.15) is 17.3 Å². The highest BCUT2D eigenvalue weighted by Crippen LogP contribution is 2.23. The zero-order valence-corrected chi connectivity index (χ0v) is 10.9. The number of methoxy groups -OCH3 is 2. The SMILES string of the molecule is C#CCN(CC)C(=O)c1cc(OC)cc(OC)c1. The first-order chi connectivity index (χ1) is 8.65. The van der Waals surface area contributed by atoms with Crippen molar-refractivity contribution in [2.24, 2.45) is 0 Å². The number of nitrogens with zero attached hydrogens (tertiary/aromatic N) is 1. The van der Waals surface area contributed by atoms with E-state index in [-0.39, 0.29) is 12.5 Å². The van der Waals surface area contributed by atoms with Crippen LogP contribution in [-0.2, 0) is 0 Å². The summed E-state index contributed by atoms with van der Waals surface area (Å²) in [6.07, 6.45) is 5.24. The summed E-state index contributed by atoms with van der Waals surface area (Å²) in [5.74, 6) is 3.49. The van der Waals surface area contributed by atoms with Gasteiger partial charge in [0.25, 0.3) is 5.91 Å². The number of carbonyl (C=O) groups is 1. The maximum atomic E-state index is 12.2. The second kappa shape index (κ2) is 6.55. The fourth-order valence-electron chi connectivity index (χ4n) is 1.55. The van der Waals surface area contributed by atoms with Crippen molar-refractivity contribution in [1.29, 1.82) is 0 Å². The molecule has 0 heterocycles. The van der Waals surface area contributed by atoms with E-state index in [4.69, 9.17) is 15.9 Å². The zero-order valence-electron chi connectivity index (χ0n) is 10.9. The molecule has 0 unspecified atom stereocenters. The lowest BCUT2D eigenvalue weighted by molar-refractivity contribution is 0.0784. The van der Waals surface area contributed by atoms with Crippen LogP contribution in [0.25, 0.3) is 0 Å². The van der Waals surface area contributed by atoms with Crippen LogP contribution in [0.15, 0.2) is 18.2 Å².